The molecule has 90 valence electrons. The van der Waals surface area contributed by atoms with Gasteiger partial charge in [0.2, 0.25) is 0 Å². The number of hydrogen-bond donors (Lipinski definition) is 1. The first-order valence-electron chi connectivity index (χ1n) is 6.36. The van der Waals surface area contributed by atoms with Crippen LogP contribution in [0, 0.1) is 0 Å². The first-order valence-corrected chi connectivity index (χ1v) is 7.49. The van der Waals surface area contributed by atoms with Crippen LogP contribution in [0.3, 0.4) is 0 Å². The van der Waals surface area contributed by atoms with Crippen molar-refractivity contribution < 1.29 is 0 Å². The Morgan fingerprint density at radius 1 is 1.06 bits per heavy atom. The van der Waals surface area contributed by atoms with E-state index in [2.05, 4.69) is 69.8 Å². The van der Waals surface area contributed by atoms with E-state index in [1.54, 1.807) is 0 Å². The van der Waals surface area contributed by atoms with E-state index in [1.165, 1.54) is 22.3 Å². The van der Waals surface area contributed by atoms with E-state index in [0.717, 1.165) is 11.8 Å². The second-order valence-corrected chi connectivity index (χ2v) is 5.75. The van der Waals surface area contributed by atoms with Crippen molar-refractivity contribution in [1.82, 2.24) is 5.32 Å². The Morgan fingerprint density at radius 3 is 2.61 bits per heavy atom. The highest BCUT2D eigenvalue weighted by Gasteiger charge is 2.47. The summed E-state index contributed by atoms with van der Waals surface area (Å²) in [5, 5.41) is 4.75. The summed E-state index contributed by atoms with van der Waals surface area (Å²) in [4.78, 5) is 0. The molecule has 0 aromatic heterocycles. The van der Waals surface area contributed by atoms with Gasteiger partial charge in [-0.3, -0.25) is 5.32 Å². The molecule has 0 amide bonds. The van der Waals surface area contributed by atoms with Gasteiger partial charge in [0.25, 0.3) is 0 Å². The van der Waals surface area contributed by atoms with Crippen molar-refractivity contribution in [3.63, 3.8) is 0 Å². The average molecular weight is 300 g/mol. The molecule has 2 aromatic rings. The van der Waals surface area contributed by atoms with Crippen LogP contribution in [-0.2, 0) is 12.0 Å². The highest BCUT2D eigenvalue weighted by Crippen LogP contribution is 2.49. The van der Waals surface area contributed by atoms with E-state index in [9.17, 15) is 0 Å². The van der Waals surface area contributed by atoms with Gasteiger partial charge in [0.05, 0.1) is 5.54 Å². The second kappa shape index (κ2) is 3.69. The lowest BCUT2D eigenvalue weighted by molar-refractivity contribution is 0.397. The molecule has 4 rings (SSSR count). The van der Waals surface area contributed by atoms with Crippen molar-refractivity contribution >= 4 is 15.9 Å². The summed E-state index contributed by atoms with van der Waals surface area (Å²) in [6.45, 7) is 0. The van der Waals surface area contributed by atoms with Crippen molar-refractivity contribution in [2.45, 2.75) is 18.0 Å². The smallest absolute Gasteiger partial charge is 0.0799 e. The van der Waals surface area contributed by atoms with Crippen LogP contribution in [0.1, 0.15) is 28.3 Å². The molecule has 2 atom stereocenters. The van der Waals surface area contributed by atoms with Gasteiger partial charge < -0.3 is 0 Å². The first-order chi connectivity index (χ1) is 8.85. The monoisotopic (exact) mass is 299 g/mol. The van der Waals surface area contributed by atoms with E-state index in [0.29, 0.717) is 6.04 Å². The van der Waals surface area contributed by atoms with Crippen LogP contribution in [0.15, 0.2) is 48.5 Å². The van der Waals surface area contributed by atoms with Gasteiger partial charge >= 0.3 is 0 Å². The Hall–Kier alpha value is -1.12. The van der Waals surface area contributed by atoms with Crippen LogP contribution < -0.4 is 5.32 Å². The molecule has 0 saturated carbocycles. The summed E-state index contributed by atoms with van der Waals surface area (Å²) in [5.74, 6) is 0. The van der Waals surface area contributed by atoms with Gasteiger partial charge in [0.1, 0.15) is 0 Å². The molecule has 2 aliphatic rings. The molecule has 1 N–H and O–H groups in total. The molecule has 0 fully saturated rings. The number of nitrogens with one attached hydrogen (secondary N) is 1. The van der Waals surface area contributed by atoms with Crippen molar-refractivity contribution in [2.75, 3.05) is 5.33 Å². The minimum atomic E-state index is -0.0316. The largest absolute Gasteiger partial charge is 0.296 e. The topological polar surface area (TPSA) is 12.0 Å². The SMILES string of the molecule is BrC[C@@]12N[C@@H](Cc3ccccc31)c1ccccc12. The summed E-state index contributed by atoms with van der Waals surface area (Å²) < 4.78 is 0. The maximum atomic E-state index is 3.83. The van der Waals surface area contributed by atoms with Crippen molar-refractivity contribution in [3.8, 4) is 0 Å². The fourth-order valence-corrected chi connectivity index (χ4v) is 4.31. The number of rotatable bonds is 1. The van der Waals surface area contributed by atoms with Gasteiger partial charge in [-0.1, -0.05) is 64.5 Å². The highest BCUT2D eigenvalue weighted by atomic mass is 79.9. The van der Waals surface area contributed by atoms with E-state index >= 15 is 0 Å². The van der Waals surface area contributed by atoms with Crippen molar-refractivity contribution in [3.05, 3.63) is 70.8 Å². The van der Waals surface area contributed by atoms with E-state index < -0.39 is 0 Å². The van der Waals surface area contributed by atoms with Gasteiger partial charge in [0, 0.05) is 11.4 Å². The van der Waals surface area contributed by atoms with Gasteiger partial charge in [-0.25, -0.2) is 0 Å². The van der Waals surface area contributed by atoms with Crippen LogP contribution in [0.25, 0.3) is 0 Å². The fraction of sp³-hybridized carbons (Fsp3) is 0.250. The summed E-state index contributed by atoms with van der Waals surface area (Å²) in [6, 6.07) is 18.1. The van der Waals surface area contributed by atoms with E-state index in [-0.39, 0.29) is 5.54 Å². The van der Waals surface area contributed by atoms with Crippen LogP contribution >= 0.6 is 15.9 Å². The Balaban J connectivity index is 2.05. The van der Waals surface area contributed by atoms with Gasteiger partial charge in [-0.15, -0.1) is 0 Å². The maximum absolute atomic E-state index is 3.83. The standard InChI is InChI=1S/C16H14BrN/c17-10-16-13-7-3-1-5-11(13)9-15(18-16)12-6-2-4-8-14(12)16/h1-8,15,18H,9-10H2/t15-,16+/m0/s1. The quantitative estimate of drug-likeness (QED) is 0.795. The Kier molecular flexibility index (Phi) is 2.21. The normalized spacial score (nSPS) is 27.7. The molecule has 2 bridgehead atoms. The molecule has 0 radical (unpaired) electrons. The number of benzene rings is 2. The third-order valence-electron chi connectivity index (χ3n) is 4.32. The molecule has 0 unspecified atom stereocenters. The summed E-state index contributed by atoms with van der Waals surface area (Å²) in [5.41, 5.74) is 5.79. The van der Waals surface area contributed by atoms with Crippen molar-refractivity contribution in [1.29, 1.82) is 0 Å². The average Bonchev–Trinajstić information content (AvgIpc) is 2.71. The number of fused-ring (bicyclic) bond motifs is 7. The molecule has 0 saturated heterocycles. The molecule has 0 spiro atoms. The molecule has 1 nitrogen and oxygen atoms in total. The Labute approximate surface area is 115 Å². The molecular weight excluding hydrogens is 286 g/mol. The lowest BCUT2D eigenvalue weighted by Crippen LogP contribution is -2.45. The zero-order valence-corrected chi connectivity index (χ0v) is 11.6. The molecular formula is C16H14BrN. The lowest BCUT2D eigenvalue weighted by Gasteiger charge is -2.36. The molecule has 18 heavy (non-hydrogen) atoms. The van der Waals surface area contributed by atoms with Crippen LogP contribution in [-0.4, -0.2) is 5.33 Å². The van der Waals surface area contributed by atoms with Crippen LogP contribution in [0.4, 0.5) is 0 Å². The Bertz CT molecular complexity index is 609. The zero-order valence-electron chi connectivity index (χ0n) is 9.99. The van der Waals surface area contributed by atoms with E-state index in [4.69, 9.17) is 0 Å². The molecule has 2 heteroatoms. The summed E-state index contributed by atoms with van der Waals surface area (Å²) >= 11 is 3.73. The van der Waals surface area contributed by atoms with E-state index in [1.807, 2.05) is 0 Å². The maximum Gasteiger partial charge on any atom is 0.0799 e. The zero-order chi connectivity index (χ0) is 12.2. The fourth-order valence-electron chi connectivity index (χ4n) is 3.54. The molecule has 2 heterocycles. The summed E-state index contributed by atoms with van der Waals surface area (Å²) in [7, 11) is 0. The third-order valence-corrected chi connectivity index (χ3v) is 5.16. The number of alkyl halides is 1. The predicted octanol–water partition coefficient (Wildman–Crippen LogP) is 3.53. The minimum absolute atomic E-state index is 0.0316. The second-order valence-electron chi connectivity index (χ2n) is 5.18. The minimum Gasteiger partial charge on any atom is -0.296 e. The highest BCUT2D eigenvalue weighted by molar-refractivity contribution is 9.09. The third kappa shape index (κ3) is 1.20. The molecule has 2 aromatic carbocycles. The van der Waals surface area contributed by atoms with Crippen molar-refractivity contribution in [2.24, 2.45) is 0 Å². The van der Waals surface area contributed by atoms with Gasteiger partial charge in [-0.2, -0.15) is 0 Å². The summed E-state index contributed by atoms with van der Waals surface area (Å²) in [6.07, 6.45) is 1.10. The van der Waals surface area contributed by atoms with Gasteiger partial charge in [0.15, 0.2) is 0 Å². The van der Waals surface area contributed by atoms with Crippen LogP contribution in [0.2, 0.25) is 0 Å². The Morgan fingerprint density at radius 2 is 1.78 bits per heavy atom. The molecule has 0 aliphatic carbocycles. The predicted molar refractivity (Wildman–Crippen MR) is 77.0 cm³/mol. The molecule has 2 aliphatic heterocycles. The van der Waals surface area contributed by atoms with Crippen LogP contribution in [0.5, 0.6) is 0 Å². The number of halogens is 1. The number of hydrogen-bond acceptors (Lipinski definition) is 1. The first kappa shape index (κ1) is 10.8. The van der Waals surface area contributed by atoms with Gasteiger partial charge in [-0.05, 0) is 28.7 Å². The lowest BCUT2D eigenvalue weighted by atomic mass is 9.82.